The standard InChI is InChI=1S/C29H24ClN3O2/c1-20-9-14-27(30)28(15-20)35-19-21-10-12-23(13-11-21)29(34)32-25-16-31-33(18-25)17-24-7-4-6-22-5-2-3-8-26(22)24/h2-16,18H,17,19H2,1H3,(H,32,34). The Morgan fingerprint density at radius 2 is 1.80 bits per heavy atom. The number of ether oxygens (including phenoxy) is 1. The normalized spacial score (nSPS) is 10.9. The van der Waals surface area contributed by atoms with Gasteiger partial charge in [-0.25, -0.2) is 0 Å². The number of hydrogen-bond donors (Lipinski definition) is 1. The van der Waals surface area contributed by atoms with Gasteiger partial charge in [0.05, 0.1) is 23.5 Å². The average Bonchev–Trinajstić information content (AvgIpc) is 3.31. The van der Waals surface area contributed by atoms with E-state index in [1.807, 2.05) is 66.3 Å². The first kappa shape index (κ1) is 22.7. The van der Waals surface area contributed by atoms with Gasteiger partial charge in [0.1, 0.15) is 12.4 Å². The maximum atomic E-state index is 12.7. The van der Waals surface area contributed by atoms with Gasteiger partial charge in [0.15, 0.2) is 0 Å². The number of anilines is 1. The second-order valence-corrected chi connectivity index (χ2v) is 8.85. The zero-order valence-electron chi connectivity index (χ0n) is 19.2. The molecule has 6 heteroatoms. The summed E-state index contributed by atoms with van der Waals surface area (Å²) in [5.41, 5.74) is 4.41. The third-order valence-electron chi connectivity index (χ3n) is 5.80. The summed E-state index contributed by atoms with van der Waals surface area (Å²) < 4.78 is 7.66. The van der Waals surface area contributed by atoms with Crippen molar-refractivity contribution in [3.63, 3.8) is 0 Å². The van der Waals surface area contributed by atoms with E-state index in [1.165, 1.54) is 16.3 Å². The van der Waals surface area contributed by atoms with Gasteiger partial charge in [0.2, 0.25) is 0 Å². The van der Waals surface area contributed by atoms with Crippen LogP contribution in [0.25, 0.3) is 10.8 Å². The number of carbonyl (C=O) groups is 1. The van der Waals surface area contributed by atoms with Crippen LogP contribution in [0.2, 0.25) is 5.02 Å². The topological polar surface area (TPSA) is 56.1 Å². The molecular formula is C29H24ClN3O2. The van der Waals surface area contributed by atoms with Gasteiger partial charge in [-0.2, -0.15) is 5.10 Å². The SMILES string of the molecule is Cc1ccc(Cl)c(OCc2ccc(C(=O)Nc3cnn(Cc4cccc5ccccc45)c3)cc2)c1. The molecule has 0 aliphatic carbocycles. The molecule has 5 nitrogen and oxygen atoms in total. The van der Waals surface area contributed by atoms with E-state index in [9.17, 15) is 4.79 Å². The lowest BCUT2D eigenvalue weighted by Gasteiger charge is -2.09. The maximum absolute atomic E-state index is 12.7. The van der Waals surface area contributed by atoms with E-state index in [0.717, 1.165) is 11.1 Å². The van der Waals surface area contributed by atoms with Crippen molar-refractivity contribution < 1.29 is 9.53 Å². The quantitative estimate of drug-likeness (QED) is 0.275. The third kappa shape index (κ3) is 5.36. The predicted octanol–water partition coefficient (Wildman–Crippen LogP) is 6.88. The maximum Gasteiger partial charge on any atom is 0.255 e. The fourth-order valence-electron chi connectivity index (χ4n) is 3.96. The first-order chi connectivity index (χ1) is 17.0. The van der Waals surface area contributed by atoms with Crippen molar-refractivity contribution in [2.75, 3.05) is 5.32 Å². The lowest BCUT2D eigenvalue weighted by Crippen LogP contribution is -2.11. The number of nitrogens with zero attached hydrogens (tertiary/aromatic N) is 2. The van der Waals surface area contributed by atoms with Crippen LogP contribution in [0.5, 0.6) is 5.75 Å². The van der Waals surface area contributed by atoms with Gasteiger partial charge in [0.25, 0.3) is 5.91 Å². The van der Waals surface area contributed by atoms with Gasteiger partial charge < -0.3 is 10.1 Å². The number of aryl methyl sites for hydroxylation is 1. The van der Waals surface area contributed by atoms with Crippen molar-refractivity contribution in [1.29, 1.82) is 0 Å². The van der Waals surface area contributed by atoms with Crippen LogP contribution in [0.4, 0.5) is 5.69 Å². The van der Waals surface area contributed by atoms with Gasteiger partial charge in [-0.15, -0.1) is 0 Å². The monoisotopic (exact) mass is 481 g/mol. The Kier molecular flexibility index (Phi) is 6.51. The molecule has 5 aromatic rings. The van der Waals surface area contributed by atoms with E-state index in [2.05, 4.69) is 34.7 Å². The molecule has 0 atom stereocenters. The van der Waals surface area contributed by atoms with E-state index in [-0.39, 0.29) is 5.91 Å². The first-order valence-electron chi connectivity index (χ1n) is 11.3. The first-order valence-corrected chi connectivity index (χ1v) is 11.7. The minimum absolute atomic E-state index is 0.191. The number of halogens is 1. The van der Waals surface area contributed by atoms with E-state index in [4.69, 9.17) is 16.3 Å². The zero-order valence-corrected chi connectivity index (χ0v) is 20.0. The summed E-state index contributed by atoms with van der Waals surface area (Å²) in [5, 5.41) is 10.3. The minimum atomic E-state index is -0.191. The van der Waals surface area contributed by atoms with E-state index in [1.54, 1.807) is 18.3 Å². The molecule has 0 aliphatic heterocycles. The summed E-state index contributed by atoms with van der Waals surface area (Å²) in [7, 11) is 0. The molecule has 1 N–H and O–H groups in total. The lowest BCUT2D eigenvalue weighted by molar-refractivity contribution is 0.102. The van der Waals surface area contributed by atoms with Gasteiger partial charge in [-0.1, -0.05) is 72.3 Å². The van der Waals surface area contributed by atoms with Crippen molar-refractivity contribution in [2.24, 2.45) is 0 Å². The van der Waals surface area contributed by atoms with Crippen molar-refractivity contribution >= 4 is 34.0 Å². The van der Waals surface area contributed by atoms with Crippen LogP contribution in [0.1, 0.15) is 27.0 Å². The fraction of sp³-hybridized carbons (Fsp3) is 0.103. The largest absolute Gasteiger partial charge is 0.487 e. The summed E-state index contributed by atoms with van der Waals surface area (Å²) in [6.07, 6.45) is 3.50. The molecule has 1 aromatic heterocycles. The highest BCUT2D eigenvalue weighted by Gasteiger charge is 2.09. The van der Waals surface area contributed by atoms with Crippen molar-refractivity contribution in [1.82, 2.24) is 9.78 Å². The molecule has 0 saturated heterocycles. The Bertz CT molecular complexity index is 1490. The number of aromatic nitrogens is 2. The highest BCUT2D eigenvalue weighted by atomic mass is 35.5. The molecule has 0 saturated carbocycles. The minimum Gasteiger partial charge on any atom is -0.487 e. The highest BCUT2D eigenvalue weighted by Crippen LogP contribution is 2.26. The van der Waals surface area contributed by atoms with Crippen LogP contribution < -0.4 is 10.1 Å². The second-order valence-electron chi connectivity index (χ2n) is 8.44. The van der Waals surface area contributed by atoms with Crippen molar-refractivity contribution in [3.8, 4) is 5.75 Å². The lowest BCUT2D eigenvalue weighted by atomic mass is 10.0. The smallest absolute Gasteiger partial charge is 0.255 e. The van der Waals surface area contributed by atoms with E-state index < -0.39 is 0 Å². The van der Waals surface area contributed by atoms with Crippen molar-refractivity contribution in [3.05, 3.63) is 125 Å². The summed E-state index contributed by atoms with van der Waals surface area (Å²) in [4.78, 5) is 12.7. The van der Waals surface area contributed by atoms with Crippen molar-refractivity contribution in [2.45, 2.75) is 20.1 Å². The number of nitrogens with one attached hydrogen (secondary N) is 1. The number of hydrogen-bond acceptors (Lipinski definition) is 3. The van der Waals surface area contributed by atoms with Crippen LogP contribution in [0.15, 0.2) is 97.3 Å². The number of benzene rings is 4. The summed E-state index contributed by atoms with van der Waals surface area (Å²) in [6, 6.07) is 27.5. The Labute approximate surface area is 208 Å². The van der Waals surface area contributed by atoms with Gasteiger partial charge in [-0.05, 0) is 58.7 Å². The average molecular weight is 482 g/mol. The van der Waals surface area contributed by atoms with Crippen LogP contribution in [0.3, 0.4) is 0 Å². The second kappa shape index (κ2) is 10.0. The molecule has 5 rings (SSSR count). The molecule has 0 radical (unpaired) electrons. The number of rotatable bonds is 7. The molecule has 0 bridgehead atoms. The van der Waals surface area contributed by atoms with Gasteiger partial charge in [-0.3, -0.25) is 9.48 Å². The fourth-order valence-corrected chi connectivity index (χ4v) is 4.13. The zero-order chi connectivity index (χ0) is 24.2. The Morgan fingerprint density at radius 1 is 1.00 bits per heavy atom. The molecule has 0 fully saturated rings. The van der Waals surface area contributed by atoms with Gasteiger partial charge >= 0.3 is 0 Å². The highest BCUT2D eigenvalue weighted by molar-refractivity contribution is 6.32. The summed E-state index contributed by atoms with van der Waals surface area (Å²) in [5.74, 6) is 0.456. The van der Waals surface area contributed by atoms with Crippen LogP contribution >= 0.6 is 11.6 Å². The Balaban J connectivity index is 1.20. The third-order valence-corrected chi connectivity index (χ3v) is 6.11. The number of carbonyl (C=O) groups excluding carboxylic acids is 1. The van der Waals surface area contributed by atoms with Crippen LogP contribution in [-0.2, 0) is 13.2 Å². The molecule has 1 amide bonds. The molecule has 0 unspecified atom stereocenters. The molecule has 174 valence electrons. The molecule has 0 spiro atoms. The van der Waals surface area contributed by atoms with E-state index >= 15 is 0 Å². The Morgan fingerprint density at radius 3 is 2.66 bits per heavy atom. The van der Waals surface area contributed by atoms with E-state index in [0.29, 0.717) is 35.2 Å². The van der Waals surface area contributed by atoms with Gasteiger partial charge in [0, 0.05) is 11.8 Å². The number of amides is 1. The molecular weight excluding hydrogens is 458 g/mol. The Hall–Kier alpha value is -4.09. The summed E-state index contributed by atoms with van der Waals surface area (Å²) >= 11 is 6.19. The predicted molar refractivity (Wildman–Crippen MR) is 140 cm³/mol. The molecule has 4 aromatic carbocycles. The van der Waals surface area contributed by atoms with Crippen LogP contribution in [-0.4, -0.2) is 15.7 Å². The molecule has 35 heavy (non-hydrogen) atoms. The summed E-state index contributed by atoms with van der Waals surface area (Å²) in [6.45, 7) is 2.98. The van der Waals surface area contributed by atoms with Crippen LogP contribution in [0, 0.1) is 6.92 Å². The molecule has 0 aliphatic rings. The molecule has 1 heterocycles. The number of fused-ring (bicyclic) bond motifs is 1.